The molecule has 1 aromatic rings. The summed E-state index contributed by atoms with van der Waals surface area (Å²) in [4.78, 5) is 24.3. The molecule has 0 bridgehead atoms. The minimum Gasteiger partial charge on any atom is -0.397 e. The van der Waals surface area contributed by atoms with Crippen molar-refractivity contribution < 1.29 is 14.3 Å². The van der Waals surface area contributed by atoms with Crippen molar-refractivity contribution in [2.24, 2.45) is 0 Å². The van der Waals surface area contributed by atoms with Crippen LogP contribution >= 0.6 is 0 Å². The molecule has 1 heterocycles. The molecule has 16 heavy (non-hydrogen) atoms. The van der Waals surface area contributed by atoms with Gasteiger partial charge in [-0.15, -0.1) is 0 Å². The van der Waals surface area contributed by atoms with Gasteiger partial charge in [0, 0.05) is 0 Å². The van der Waals surface area contributed by atoms with Gasteiger partial charge >= 0.3 is 0 Å². The number of amides is 2. The van der Waals surface area contributed by atoms with Crippen molar-refractivity contribution in [3.05, 3.63) is 23.8 Å². The molecule has 0 saturated carbocycles. The molecule has 0 atom stereocenters. The van der Waals surface area contributed by atoms with Gasteiger partial charge in [0.15, 0.2) is 0 Å². The van der Waals surface area contributed by atoms with Crippen LogP contribution in [0.15, 0.2) is 18.2 Å². The molecule has 1 aromatic carbocycles. The zero-order valence-corrected chi connectivity index (χ0v) is 8.90. The lowest BCUT2D eigenvalue weighted by Crippen LogP contribution is -2.46. The third-order valence-electron chi connectivity index (χ3n) is 2.38. The van der Waals surface area contributed by atoms with E-state index in [2.05, 4.69) is 0 Å². The summed E-state index contributed by atoms with van der Waals surface area (Å²) in [7, 11) is 0. The fourth-order valence-electron chi connectivity index (χ4n) is 1.61. The molecule has 1 saturated heterocycles. The lowest BCUT2D eigenvalue weighted by molar-refractivity contribution is -0.138. The highest BCUT2D eigenvalue weighted by atomic mass is 16.5. The summed E-state index contributed by atoms with van der Waals surface area (Å²) in [5.41, 5.74) is 7.55. The van der Waals surface area contributed by atoms with Crippen molar-refractivity contribution in [3.8, 4) is 0 Å². The van der Waals surface area contributed by atoms with Crippen molar-refractivity contribution in [2.45, 2.75) is 6.92 Å². The standard InChI is InChI=1S/C11H12N2O3/c1-7-2-3-8(12)9(4-7)13-10(14)5-16-6-11(13)15/h2-4H,5-6,12H2,1H3. The van der Waals surface area contributed by atoms with Crippen LogP contribution in [0.4, 0.5) is 11.4 Å². The van der Waals surface area contributed by atoms with E-state index in [0.29, 0.717) is 11.4 Å². The fraction of sp³-hybridized carbons (Fsp3) is 0.273. The van der Waals surface area contributed by atoms with Crippen molar-refractivity contribution in [1.29, 1.82) is 0 Å². The number of hydrogen-bond acceptors (Lipinski definition) is 4. The first-order chi connectivity index (χ1) is 7.59. The number of anilines is 2. The van der Waals surface area contributed by atoms with Crippen LogP contribution in [-0.2, 0) is 14.3 Å². The summed E-state index contributed by atoms with van der Waals surface area (Å²) < 4.78 is 4.83. The Bertz CT molecular complexity index is 441. The van der Waals surface area contributed by atoms with Gasteiger partial charge < -0.3 is 10.5 Å². The van der Waals surface area contributed by atoms with Crippen LogP contribution in [0.5, 0.6) is 0 Å². The van der Waals surface area contributed by atoms with E-state index >= 15 is 0 Å². The summed E-state index contributed by atoms with van der Waals surface area (Å²) in [6, 6.07) is 5.23. The van der Waals surface area contributed by atoms with E-state index < -0.39 is 0 Å². The molecule has 0 aliphatic carbocycles. The monoisotopic (exact) mass is 220 g/mol. The first-order valence-electron chi connectivity index (χ1n) is 4.89. The summed E-state index contributed by atoms with van der Waals surface area (Å²) in [5, 5.41) is 0. The molecule has 84 valence electrons. The van der Waals surface area contributed by atoms with E-state index in [4.69, 9.17) is 10.5 Å². The average Bonchev–Trinajstić information content (AvgIpc) is 2.23. The number of rotatable bonds is 1. The summed E-state index contributed by atoms with van der Waals surface area (Å²) in [6.07, 6.45) is 0. The number of aryl methyl sites for hydroxylation is 1. The minimum atomic E-state index is -0.381. The lowest BCUT2D eigenvalue weighted by atomic mass is 10.1. The molecule has 0 unspecified atom stereocenters. The van der Waals surface area contributed by atoms with E-state index in [9.17, 15) is 9.59 Å². The van der Waals surface area contributed by atoms with E-state index in [1.807, 2.05) is 13.0 Å². The molecule has 1 aliphatic heterocycles. The Morgan fingerprint density at radius 1 is 1.25 bits per heavy atom. The van der Waals surface area contributed by atoms with Gasteiger partial charge in [-0.3, -0.25) is 9.59 Å². The molecule has 0 spiro atoms. The first kappa shape index (κ1) is 10.6. The normalized spacial score (nSPS) is 16.7. The smallest absolute Gasteiger partial charge is 0.259 e. The molecule has 5 nitrogen and oxygen atoms in total. The first-order valence-corrected chi connectivity index (χ1v) is 4.89. The Kier molecular flexibility index (Phi) is 2.62. The Morgan fingerprint density at radius 2 is 1.88 bits per heavy atom. The predicted molar refractivity (Wildman–Crippen MR) is 58.9 cm³/mol. The number of benzene rings is 1. The highest BCUT2D eigenvalue weighted by molar-refractivity contribution is 6.18. The Balaban J connectivity index is 2.45. The second-order valence-electron chi connectivity index (χ2n) is 3.68. The van der Waals surface area contributed by atoms with Gasteiger partial charge in [-0.2, -0.15) is 0 Å². The topological polar surface area (TPSA) is 72.6 Å². The third-order valence-corrected chi connectivity index (χ3v) is 2.38. The number of morpholine rings is 1. The maximum absolute atomic E-state index is 11.6. The Labute approximate surface area is 92.8 Å². The molecule has 2 rings (SSSR count). The van der Waals surface area contributed by atoms with Gasteiger partial charge in [-0.1, -0.05) is 6.07 Å². The number of hydrogen-bond donors (Lipinski definition) is 1. The van der Waals surface area contributed by atoms with Crippen LogP contribution in [0.3, 0.4) is 0 Å². The van der Waals surface area contributed by atoms with Gasteiger partial charge in [0.25, 0.3) is 11.8 Å². The molecule has 0 radical (unpaired) electrons. The molecule has 2 N–H and O–H groups in total. The Hall–Kier alpha value is -1.88. The average molecular weight is 220 g/mol. The number of nitrogen functional groups attached to an aromatic ring is 1. The van der Waals surface area contributed by atoms with Crippen molar-refractivity contribution in [1.82, 2.24) is 0 Å². The molecule has 2 amide bonds. The maximum Gasteiger partial charge on any atom is 0.259 e. The molecule has 1 aliphatic rings. The fourth-order valence-corrected chi connectivity index (χ4v) is 1.61. The molecular weight excluding hydrogens is 208 g/mol. The van der Waals surface area contributed by atoms with E-state index in [0.717, 1.165) is 10.5 Å². The van der Waals surface area contributed by atoms with Gasteiger partial charge in [-0.05, 0) is 24.6 Å². The van der Waals surface area contributed by atoms with Crippen LogP contribution in [0, 0.1) is 6.92 Å². The van der Waals surface area contributed by atoms with Gasteiger partial charge in [-0.25, -0.2) is 4.90 Å². The van der Waals surface area contributed by atoms with E-state index in [-0.39, 0.29) is 25.0 Å². The predicted octanol–water partition coefficient (Wildman–Crippen LogP) is 0.467. The summed E-state index contributed by atoms with van der Waals surface area (Å²) in [6.45, 7) is 1.70. The maximum atomic E-state index is 11.6. The van der Waals surface area contributed by atoms with Crippen LogP contribution in [0.2, 0.25) is 0 Å². The minimum absolute atomic E-state index is 0.0842. The van der Waals surface area contributed by atoms with E-state index in [1.54, 1.807) is 12.1 Å². The van der Waals surface area contributed by atoms with Crippen LogP contribution in [-0.4, -0.2) is 25.0 Å². The van der Waals surface area contributed by atoms with Crippen molar-refractivity contribution in [2.75, 3.05) is 23.8 Å². The zero-order valence-electron chi connectivity index (χ0n) is 8.90. The van der Waals surface area contributed by atoms with Gasteiger partial charge in [0.1, 0.15) is 13.2 Å². The number of carbonyl (C=O) groups is 2. The van der Waals surface area contributed by atoms with Crippen LogP contribution < -0.4 is 10.6 Å². The number of nitrogens with zero attached hydrogens (tertiary/aromatic N) is 1. The molecule has 1 fully saturated rings. The highest BCUT2D eigenvalue weighted by Crippen LogP contribution is 2.26. The second kappa shape index (κ2) is 3.94. The van der Waals surface area contributed by atoms with Crippen LogP contribution in [0.25, 0.3) is 0 Å². The van der Waals surface area contributed by atoms with E-state index in [1.165, 1.54) is 0 Å². The number of ether oxygens (including phenoxy) is 1. The summed E-state index contributed by atoms with van der Waals surface area (Å²) >= 11 is 0. The number of nitrogens with two attached hydrogens (primary N) is 1. The van der Waals surface area contributed by atoms with Crippen molar-refractivity contribution in [3.63, 3.8) is 0 Å². The second-order valence-corrected chi connectivity index (χ2v) is 3.68. The molecule has 5 heteroatoms. The zero-order chi connectivity index (χ0) is 11.7. The van der Waals surface area contributed by atoms with Gasteiger partial charge in [0.05, 0.1) is 11.4 Å². The lowest BCUT2D eigenvalue weighted by Gasteiger charge is -2.26. The Morgan fingerprint density at radius 3 is 2.50 bits per heavy atom. The highest BCUT2D eigenvalue weighted by Gasteiger charge is 2.29. The third kappa shape index (κ3) is 1.77. The quantitative estimate of drug-likeness (QED) is 0.551. The van der Waals surface area contributed by atoms with Crippen LogP contribution in [0.1, 0.15) is 5.56 Å². The summed E-state index contributed by atoms with van der Waals surface area (Å²) in [5.74, 6) is -0.762. The SMILES string of the molecule is Cc1ccc(N)c(N2C(=O)COCC2=O)c1. The van der Waals surface area contributed by atoms with Gasteiger partial charge in [0.2, 0.25) is 0 Å². The number of imide groups is 1. The largest absolute Gasteiger partial charge is 0.397 e. The van der Waals surface area contributed by atoms with Crippen molar-refractivity contribution >= 4 is 23.2 Å². The molecular formula is C11H12N2O3. The molecule has 0 aromatic heterocycles. The number of carbonyl (C=O) groups excluding carboxylic acids is 2.